The second kappa shape index (κ2) is 3.99. The molecular weight excluding hydrogens is 176 g/mol. The van der Waals surface area contributed by atoms with Crippen molar-refractivity contribution in [2.24, 2.45) is 5.41 Å². The van der Waals surface area contributed by atoms with Gasteiger partial charge in [0.2, 0.25) is 0 Å². The summed E-state index contributed by atoms with van der Waals surface area (Å²) in [5, 5.41) is 0. The zero-order valence-corrected chi connectivity index (χ0v) is 9.17. The van der Waals surface area contributed by atoms with E-state index in [9.17, 15) is 4.79 Å². The lowest BCUT2D eigenvalue weighted by Gasteiger charge is -2.31. The monoisotopic (exact) mass is 194 g/mol. The molecule has 0 bridgehead atoms. The van der Waals surface area contributed by atoms with Crippen LogP contribution in [0.5, 0.6) is 0 Å². The Bertz CT molecular complexity index is 274. The van der Waals surface area contributed by atoms with Crippen molar-refractivity contribution >= 4 is 5.97 Å². The second-order valence-corrected chi connectivity index (χ2v) is 4.55. The molecule has 2 heteroatoms. The van der Waals surface area contributed by atoms with Crippen LogP contribution in [0.2, 0.25) is 0 Å². The van der Waals surface area contributed by atoms with Crippen molar-refractivity contribution in [1.29, 1.82) is 0 Å². The van der Waals surface area contributed by atoms with Crippen molar-refractivity contribution in [1.82, 2.24) is 0 Å². The van der Waals surface area contributed by atoms with Crippen LogP contribution in [0.1, 0.15) is 33.6 Å². The highest BCUT2D eigenvalue weighted by molar-refractivity contribution is 5.81. The molecule has 0 aliphatic heterocycles. The lowest BCUT2D eigenvalue weighted by atomic mass is 9.79. The van der Waals surface area contributed by atoms with E-state index < -0.39 is 0 Å². The molecule has 0 N–H and O–H groups in total. The molecule has 1 rings (SSSR count). The van der Waals surface area contributed by atoms with Gasteiger partial charge in [0.1, 0.15) is 6.10 Å². The highest BCUT2D eigenvalue weighted by Crippen LogP contribution is 2.34. The number of allylic oxidation sites excluding steroid dienone is 1. The molecule has 2 nitrogen and oxygen atoms in total. The van der Waals surface area contributed by atoms with Crippen molar-refractivity contribution in [3.8, 4) is 0 Å². The molecule has 14 heavy (non-hydrogen) atoms. The number of carbonyl (C=O) groups is 1. The highest BCUT2D eigenvalue weighted by Gasteiger charge is 2.27. The van der Waals surface area contributed by atoms with Crippen LogP contribution in [0.25, 0.3) is 0 Å². The average Bonchev–Trinajstić information content (AvgIpc) is 2.09. The van der Waals surface area contributed by atoms with Gasteiger partial charge in [0, 0.05) is 6.08 Å². The summed E-state index contributed by atoms with van der Waals surface area (Å²) in [4.78, 5) is 11.0. The van der Waals surface area contributed by atoms with Crippen LogP contribution in [0, 0.1) is 5.41 Å². The summed E-state index contributed by atoms with van der Waals surface area (Å²) < 4.78 is 5.22. The molecule has 0 aromatic heterocycles. The second-order valence-electron chi connectivity index (χ2n) is 4.55. The van der Waals surface area contributed by atoms with Crippen LogP contribution < -0.4 is 0 Å². The molecule has 0 radical (unpaired) electrons. The minimum absolute atomic E-state index is 0.0477. The van der Waals surface area contributed by atoms with E-state index in [2.05, 4.69) is 26.5 Å². The predicted octanol–water partition coefficient (Wildman–Crippen LogP) is 2.85. The first-order valence-electron chi connectivity index (χ1n) is 4.97. The van der Waals surface area contributed by atoms with E-state index in [1.54, 1.807) is 0 Å². The summed E-state index contributed by atoms with van der Waals surface area (Å²) in [5.74, 6) is -0.331. The Morgan fingerprint density at radius 1 is 1.71 bits per heavy atom. The topological polar surface area (TPSA) is 26.3 Å². The standard InChI is InChI=1S/C12H18O2/c1-5-11(13)14-10-6-7-12(3,4)8-9(10)2/h5,8,10H,1,6-7H2,2-4H3. The molecule has 0 amide bonds. The van der Waals surface area contributed by atoms with Gasteiger partial charge in [-0.3, -0.25) is 0 Å². The van der Waals surface area contributed by atoms with E-state index in [1.807, 2.05) is 6.92 Å². The molecule has 1 aliphatic carbocycles. The maximum absolute atomic E-state index is 11.0. The maximum Gasteiger partial charge on any atom is 0.330 e. The Morgan fingerprint density at radius 3 is 2.86 bits per heavy atom. The van der Waals surface area contributed by atoms with Crippen LogP contribution in [-0.2, 0) is 9.53 Å². The van der Waals surface area contributed by atoms with Crippen molar-refractivity contribution in [3.05, 3.63) is 24.3 Å². The molecule has 1 atom stereocenters. The summed E-state index contributed by atoms with van der Waals surface area (Å²) in [6.07, 6.45) is 5.33. The number of carbonyl (C=O) groups excluding carboxylic acids is 1. The number of hydrogen-bond donors (Lipinski definition) is 0. The molecule has 1 unspecified atom stereocenters. The van der Waals surface area contributed by atoms with Gasteiger partial charge in [-0.1, -0.05) is 26.5 Å². The van der Waals surface area contributed by atoms with Crippen molar-refractivity contribution < 1.29 is 9.53 Å². The minimum atomic E-state index is -0.331. The SMILES string of the molecule is C=CC(=O)OC1CCC(C)(C)C=C1C. The van der Waals surface area contributed by atoms with Gasteiger partial charge in [0.05, 0.1) is 0 Å². The molecule has 0 saturated heterocycles. The number of rotatable bonds is 2. The summed E-state index contributed by atoms with van der Waals surface area (Å²) >= 11 is 0. The fourth-order valence-corrected chi connectivity index (χ4v) is 1.85. The van der Waals surface area contributed by atoms with Crippen LogP contribution in [-0.4, -0.2) is 12.1 Å². The lowest BCUT2D eigenvalue weighted by Crippen LogP contribution is -2.26. The molecule has 78 valence electrons. The first-order valence-corrected chi connectivity index (χ1v) is 4.97. The highest BCUT2D eigenvalue weighted by atomic mass is 16.5. The Labute approximate surface area is 85.6 Å². The van der Waals surface area contributed by atoms with E-state index in [1.165, 1.54) is 6.08 Å². The van der Waals surface area contributed by atoms with Crippen molar-refractivity contribution in [2.75, 3.05) is 0 Å². The van der Waals surface area contributed by atoms with Crippen LogP contribution >= 0.6 is 0 Å². The smallest absolute Gasteiger partial charge is 0.330 e. The van der Waals surface area contributed by atoms with E-state index in [0.717, 1.165) is 18.4 Å². The fraction of sp³-hybridized carbons (Fsp3) is 0.583. The molecule has 1 aliphatic rings. The molecule has 0 saturated carbocycles. The van der Waals surface area contributed by atoms with Gasteiger partial charge >= 0.3 is 5.97 Å². The van der Waals surface area contributed by atoms with Crippen molar-refractivity contribution in [3.63, 3.8) is 0 Å². The van der Waals surface area contributed by atoms with Gasteiger partial charge in [-0.15, -0.1) is 0 Å². The van der Waals surface area contributed by atoms with E-state index in [4.69, 9.17) is 4.74 Å². The zero-order chi connectivity index (χ0) is 10.8. The van der Waals surface area contributed by atoms with E-state index >= 15 is 0 Å². The van der Waals surface area contributed by atoms with E-state index in [0.29, 0.717) is 0 Å². The molecule has 0 aromatic rings. The third kappa shape index (κ3) is 2.72. The minimum Gasteiger partial charge on any atom is -0.455 e. The first kappa shape index (κ1) is 11.0. The molecule has 0 heterocycles. The van der Waals surface area contributed by atoms with Gasteiger partial charge in [0.15, 0.2) is 0 Å². The largest absolute Gasteiger partial charge is 0.455 e. The van der Waals surface area contributed by atoms with Crippen LogP contribution in [0.15, 0.2) is 24.3 Å². The fourth-order valence-electron chi connectivity index (χ4n) is 1.85. The van der Waals surface area contributed by atoms with Gasteiger partial charge in [-0.2, -0.15) is 0 Å². The van der Waals surface area contributed by atoms with E-state index in [-0.39, 0.29) is 17.5 Å². The summed E-state index contributed by atoms with van der Waals surface area (Å²) in [7, 11) is 0. The normalized spacial score (nSPS) is 25.1. The average molecular weight is 194 g/mol. The molecule has 0 aromatic carbocycles. The Hall–Kier alpha value is -1.05. The zero-order valence-electron chi connectivity index (χ0n) is 9.17. The maximum atomic E-state index is 11.0. The predicted molar refractivity (Wildman–Crippen MR) is 56.8 cm³/mol. The van der Waals surface area contributed by atoms with Crippen LogP contribution in [0.3, 0.4) is 0 Å². The summed E-state index contributed by atoms with van der Waals surface area (Å²) in [6.45, 7) is 9.79. The number of ether oxygens (including phenoxy) is 1. The summed E-state index contributed by atoms with van der Waals surface area (Å²) in [6, 6.07) is 0. The lowest BCUT2D eigenvalue weighted by molar-refractivity contribution is -0.142. The quantitative estimate of drug-likeness (QED) is 0.384. The third-order valence-corrected chi connectivity index (χ3v) is 2.60. The Kier molecular flexibility index (Phi) is 3.14. The summed E-state index contributed by atoms with van der Waals surface area (Å²) in [5.41, 5.74) is 1.39. The Morgan fingerprint density at radius 2 is 2.36 bits per heavy atom. The number of hydrogen-bond acceptors (Lipinski definition) is 2. The number of esters is 1. The first-order chi connectivity index (χ1) is 6.44. The van der Waals surface area contributed by atoms with Gasteiger partial charge in [-0.25, -0.2) is 4.79 Å². The third-order valence-electron chi connectivity index (χ3n) is 2.60. The van der Waals surface area contributed by atoms with Gasteiger partial charge in [-0.05, 0) is 30.8 Å². The van der Waals surface area contributed by atoms with Crippen LogP contribution in [0.4, 0.5) is 0 Å². The molecule has 0 spiro atoms. The van der Waals surface area contributed by atoms with Gasteiger partial charge < -0.3 is 4.74 Å². The Balaban J connectivity index is 2.67. The molecular formula is C12H18O2. The van der Waals surface area contributed by atoms with Crippen molar-refractivity contribution in [2.45, 2.75) is 39.7 Å². The van der Waals surface area contributed by atoms with Gasteiger partial charge in [0.25, 0.3) is 0 Å². The molecule has 0 fully saturated rings.